The van der Waals surface area contributed by atoms with Crippen molar-refractivity contribution in [3.8, 4) is 11.5 Å². The van der Waals surface area contributed by atoms with Gasteiger partial charge in [0.05, 0.1) is 13.2 Å². The van der Waals surface area contributed by atoms with Crippen LogP contribution >= 0.6 is 0 Å². The van der Waals surface area contributed by atoms with Crippen molar-refractivity contribution >= 4 is 10.8 Å². The Balaban J connectivity index is 1.04. The lowest BCUT2D eigenvalue weighted by molar-refractivity contribution is -0.00601. The third-order valence-electron chi connectivity index (χ3n) is 13.3. The minimum atomic E-state index is 0.192. The summed E-state index contributed by atoms with van der Waals surface area (Å²) in [5.74, 6) is 9.10. The van der Waals surface area contributed by atoms with E-state index in [1.54, 1.807) is 18.1 Å². The molecule has 8 bridgehead atoms. The van der Waals surface area contributed by atoms with Crippen LogP contribution in [0.25, 0.3) is 10.8 Å². The third kappa shape index (κ3) is 5.13. The molecule has 244 valence electrons. The average molecular weight is 625 g/mol. The van der Waals surface area contributed by atoms with Crippen LogP contribution in [0.15, 0.2) is 48.3 Å². The fraction of sp³-hybridized carbons (Fsp3) is 0.650. The summed E-state index contributed by atoms with van der Waals surface area (Å²) in [4.78, 5) is 0. The van der Waals surface area contributed by atoms with Crippen LogP contribution in [0.4, 0.5) is 0 Å². The zero-order valence-electron chi connectivity index (χ0n) is 27.1. The van der Waals surface area contributed by atoms with Crippen LogP contribution in [0.3, 0.4) is 0 Å². The summed E-state index contributed by atoms with van der Waals surface area (Å²) in [5, 5.41) is 2.64. The van der Waals surface area contributed by atoms with Gasteiger partial charge >= 0.3 is 0 Å². The molecule has 12 rings (SSSR count). The molecule has 0 aromatic heterocycles. The quantitative estimate of drug-likeness (QED) is 0.197. The van der Waals surface area contributed by atoms with Gasteiger partial charge in [-0.25, -0.2) is 0 Å². The second-order valence-electron chi connectivity index (χ2n) is 16.6. The van der Waals surface area contributed by atoms with Crippen LogP contribution in [0, 0.1) is 35.5 Å². The Bertz CT molecular complexity index is 1520. The van der Waals surface area contributed by atoms with Crippen molar-refractivity contribution in [3.05, 3.63) is 59.4 Å². The molecule has 0 amide bonds. The molecular formula is C40H48O6. The highest BCUT2D eigenvalue weighted by Gasteiger charge is 2.54. The van der Waals surface area contributed by atoms with Crippen molar-refractivity contribution in [1.82, 2.24) is 0 Å². The van der Waals surface area contributed by atoms with Gasteiger partial charge in [0, 0.05) is 22.4 Å². The van der Waals surface area contributed by atoms with E-state index in [4.69, 9.17) is 28.4 Å². The monoisotopic (exact) mass is 624 g/mol. The minimum absolute atomic E-state index is 0.192. The highest BCUT2D eigenvalue weighted by Crippen LogP contribution is 2.64. The number of ether oxygens (including phenoxy) is 6. The van der Waals surface area contributed by atoms with Crippen LogP contribution in [-0.2, 0) is 29.8 Å². The Kier molecular flexibility index (Phi) is 6.72. The van der Waals surface area contributed by atoms with E-state index in [9.17, 15) is 0 Å². The van der Waals surface area contributed by atoms with E-state index in [1.807, 2.05) is 0 Å². The zero-order valence-corrected chi connectivity index (χ0v) is 27.1. The Labute approximate surface area is 272 Å². The number of hydrogen-bond donors (Lipinski definition) is 0. The Morgan fingerprint density at radius 1 is 0.543 bits per heavy atom. The Morgan fingerprint density at radius 3 is 1.52 bits per heavy atom. The first-order valence-electron chi connectivity index (χ1n) is 18.3. The second kappa shape index (κ2) is 10.9. The second-order valence-corrected chi connectivity index (χ2v) is 16.6. The van der Waals surface area contributed by atoms with Crippen molar-refractivity contribution in [2.24, 2.45) is 35.5 Å². The third-order valence-corrected chi connectivity index (χ3v) is 13.3. The first kappa shape index (κ1) is 28.3. The minimum Gasteiger partial charge on any atom is -0.491 e. The first-order chi connectivity index (χ1) is 22.6. The lowest BCUT2D eigenvalue weighted by atomic mass is 9.47. The van der Waals surface area contributed by atoms with Gasteiger partial charge in [0.2, 0.25) is 0 Å². The number of hydrogen-bond acceptors (Lipinski definition) is 6. The molecule has 6 heteroatoms. The van der Waals surface area contributed by atoms with Gasteiger partial charge in [0.25, 0.3) is 0 Å². The summed E-state index contributed by atoms with van der Waals surface area (Å²) in [6, 6.07) is 9.85. The summed E-state index contributed by atoms with van der Waals surface area (Å²) in [7, 11) is 0. The molecule has 0 N–H and O–H groups in total. The van der Waals surface area contributed by atoms with Crippen LogP contribution in [0.5, 0.6) is 11.5 Å². The van der Waals surface area contributed by atoms with Crippen LogP contribution in [0.1, 0.15) is 88.2 Å². The molecular weight excluding hydrogens is 576 g/mol. The Morgan fingerprint density at radius 2 is 1.02 bits per heavy atom. The normalized spacial score (nSPS) is 37.1. The van der Waals surface area contributed by atoms with Gasteiger partial charge in [-0.3, -0.25) is 0 Å². The highest BCUT2D eigenvalue weighted by atomic mass is 16.6. The van der Waals surface area contributed by atoms with E-state index in [0.29, 0.717) is 45.1 Å². The number of fused-ring (bicyclic) bond motifs is 1. The molecule has 0 unspecified atom stereocenters. The molecule has 46 heavy (non-hydrogen) atoms. The van der Waals surface area contributed by atoms with Gasteiger partial charge in [-0.1, -0.05) is 12.1 Å². The van der Waals surface area contributed by atoms with E-state index in [0.717, 1.165) is 58.5 Å². The van der Waals surface area contributed by atoms with Crippen molar-refractivity contribution < 1.29 is 28.4 Å². The molecule has 2 heterocycles. The molecule has 6 nitrogen and oxygen atoms in total. The maximum absolute atomic E-state index is 6.75. The first-order valence-corrected chi connectivity index (χ1v) is 18.3. The molecule has 0 spiro atoms. The van der Waals surface area contributed by atoms with Crippen molar-refractivity contribution in [1.29, 1.82) is 0 Å². The Hall–Kier alpha value is -2.70. The highest BCUT2D eigenvalue weighted by molar-refractivity contribution is 5.95. The molecule has 8 aliphatic carbocycles. The lowest BCUT2D eigenvalue weighted by Crippen LogP contribution is -2.49. The number of rotatable bonds is 14. The van der Waals surface area contributed by atoms with E-state index < -0.39 is 0 Å². The molecule has 8 saturated carbocycles. The molecule has 0 atom stereocenters. The summed E-state index contributed by atoms with van der Waals surface area (Å²) >= 11 is 0. The molecule has 8 fully saturated rings. The van der Waals surface area contributed by atoms with Gasteiger partial charge in [-0.15, -0.1) is 0 Å². The van der Waals surface area contributed by atoms with Crippen LogP contribution < -0.4 is 9.47 Å². The van der Waals surface area contributed by atoms with E-state index in [-0.39, 0.29) is 5.41 Å². The van der Waals surface area contributed by atoms with Gasteiger partial charge in [0.15, 0.2) is 11.5 Å². The van der Waals surface area contributed by atoms with E-state index in [1.165, 1.54) is 93.4 Å². The number of benzene rings is 2. The summed E-state index contributed by atoms with van der Waals surface area (Å²) < 4.78 is 35.4. The topological polar surface area (TPSA) is 62.0 Å². The molecule has 0 radical (unpaired) electrons. The molecule has 2 aromatic carbocycles. The molecule has 2 aromatic rings. The molecule has 10 aliphatic rings. The predicted molar refractivity (Wildman–Crippen MR) is 175 cm³/mol. The van der Waals surface area contributed by atoms with Crippen molar-refractivity contribution in [2.45, 2.75) is 87.9 Å². The summed E-state index contributed by atoms with van der Waals surface area (Å²) in [5.41, 5.74) is 3.56. The fourth-order valence-electron chi connectivity index (χ4n) is 12.3. The van der Waals surface area contributed by atoms with E-state index in [2.05, 4.69) is 24.3 Å². The lowest BCUT2D eigenvalue weighted by Gasteiger charge is -2.57. The SMILES string of the molecule is C1=C(COCCOc2cc(OCCOCC3=CO3)c3cc(C45CC6CC(CC(C6)C4)C5)ccc3c2C23CC4CC(CC(C4)C2)C3)O1. The van der Waals surface area contributed by atoms with Gasteiger partial charge < -0.3 is 28.4 Å². The fourth-order valence-corrected chi connectivity index (χ4v) is 12.3. The van der Waals surface area contributed by atoms with Gasteiger partial charge in [-0.05, 0) is 135 Å². The maximum Gasteiger partial charge on any atom is 0.164 e. The van der Waals surface area contributed by atoms with Gasteiger partial charge in [0.1, 0.15) is 50.5 Å². The largest absolute Gasteiger partial charge is 0.491 e. The van der Waals surface area contributed by atoms with Gasteiger partial charge in [-0.2, -0.15) is 0 Å². The smallest absolute Gasteiger partial charge is 0.164 e. The standard InChI is InChI=1S/C40H48O6/c1-2-34-35(13-31(1)39-15-25-7-26(16-39)9-27(8-25)17-39)36(43-5-3-41-21-32-23-45-32)14-37(44-6-4-42-22-33-24-46-33)38(34)40-18-28-10-29(19-40)12-30(11-28)20-40/h1-2,13-14,23-30H,3-12,15-22H2. The maximum atomic E-state index is 6.75. The van der Waals surface area contributed by atoms with Crippen molar-refractivity contribution in [2.75, 3.05) is 39.6 Å². The van der Waals surface area contributed by atoms with Crippen LogP contribution in [-0.4, -0.2) is 39.6 Å². The predicted octanol–water partition coefficient (Wildman–Crippen LogP) is 8.31. The van der Waals surface area contributed by atoms with Crippen molar-refractivity contribution in [3.63, 3.8) is 0 Å². The zero-order chi connectivity index (χ0) is 30.3. The summed E-state index contributed by atoms with van der Waals surface area (Å²) in [6.07, 6.45) is 20.2. The van der Waals surface area contributed by atoms with Crippen LogP contribution in [0.2, 0.25) is 0 Å². The molecule has 0 saturated heterocycles. The molecule has 2 aliphatic heterocycles. The van der Waals surface area contributed by atoms with E-state index >= 15 is 0 Å². The average Bonchev–Trinajstić information content (AvgIpc) is 3.96. The summed E-state index contributed by atoms with van der Waals surface area (Å²) in [6.45, 7) is 3.11.